The van der Waals surface area contributed by atoms with Crippen LogP contribution in [0.3, 0.4) is 0 Å². The summed E-state index contributed by atoms with van der Waals surface area (Å²) in [5.41, 5.74) is -0.135. The Kier molecular flexibility index (Phi) is 2.96. The van der Waals surface area contributed by atoms with Gasteiger partial charge in [-0.05, 0) is 12.2 Å². The zero-order valence-corrected chi connectivity index (χ0v) is 7.08. The summed E-state index contributed by atoms with van der Waals surface area (Å²) in [6.45, 7) is 0. The predicted molar refractivity (Wildman–Crippen MR) is 49.9 cm³/mol. The molecule has 0 unspecified atom stereocenters. The van der Waals surface area contributed by atoms with Crippen molar-refractivity contribution in [3.05, 3.63) is 40.0 Å². The average Bonchev–Trinajstić information content (AvgIpc) is 2.16. The van der Waals surface area contributed by atoms with E-state index in [4.69, 9.17) is 0 Å². The van der Waals surface area contributed by atoms with Gasteiger partial charge >= 0.3 is 5.69 Å². The summed E-state index contributed by atoms with van der Waals surface area (Å²) in [6, 6.07) is 4.10. The fourth-order valence-electron chi connectivity index (χ4n) is 0.973. The Morgan fingerprint density at radius 2 is 2.14 bits per heavy atom. The van der Waals surface area contributed by atoms with Gasteiger partial charge in [-0.15, -0.1) is 0 Å². The van der Waals surface area contributed by atoms with E-state index in [1.807, 2.05) is 0 Å². The van der Waals surface area contributed by atoms with E-state index in [1.165, 1.54) is 24.3 Å². The number of carbonyl (C=O) groups is 1. The molecule has 0 heterocycles. The highest BCUT2D eigenvalue weighted by molar-refractivity contribution is 5.76. The van der Waals surface area contributed by atoms with Gasteiger partial charge < -0.3 is 5.11 Å². The largest absolute Gasteiger partial charge is 0.502 e. The van der Waals surface area contributed by atoms with E-state index in [0.717, 1.165) is 6.08 Å². The third-order valence-corrected chi connectivity index (χ3v) is 1.60. The molecule has 0 bridgehead atoms. The van der Waals surface area contributed by atoms with Crippen LogP contribution in [-0.4, -0.2) is 16.3 Å². The lowest BCUT2D eigenvalue weighted by molar-refractivity contribution is -0.385. The van der Waals surface area contributed by atoms with Crippen molar-refractivity contribution in [3.63, 3.8) is 0 Å². The zero-order chi connectivity index (χ0) is 10.6. The Labute approximate surface area is 79.4 Å². The van der Waals surface area contributed by atoms with Gasteiger partial charge in [-0.2, -0.15) is 0 Å². The molecule has 0 spiro atoms. The number of aromatic hydroxyl groups is 1. The van der Waals surface area contributed by atoms with Gasteiger partial charge in [0.2, 0.25) is 5.75 Å². The maximum Gasteiger partial charge on any atom is 0.311 e. The molecular weight excluding hydrogens is 186 g/mol. The zero-order valence-electron chi connectivity index (χ0n) is 7.08. The van der Waals surface area contributed by atoms with Crippen molar-refractivity contribution in [2.45, 2.75) is 0 Å². The van der Waals surface area contributed by atoms with Crippen LogP contribution in [-0.2, 0) is 4.79 Å². The molecule has 0 aliphatic carbocycles. The quantitative estimate of drug-likeness (QED) is 0.341. The third kappa shape index (κ3) is 1.95. The lowest BCUT2D eigenvalue weighted by Gasteiger charge is -1.98. The highest BCUT2D eigenvalue weighted by Crippen LogP contribution is 2.29. The summed E-state index contributed by atoms with van der Waals surface area (Å²) in [4.78, 5) is 19.7. The lowest BCUT2D eigenvalue weighted by atomic mass is 10.1. The molecule has 1 aromatic rings. The molecular formula is C9H7NO4. The first-order valence-corrected chi connectivity index (χ1v) is 3.75. The molecule has 0 radical (unpaired) electrons. The number of para-hydroxylation sites is 1. The first-order chi connectivity index (χ1) is 6.66. The van der Waals surface area contributed by atoms with Gasteiger partial charge in [0.1, 0.15) is 6.29 Å². The van der Waals surface area contributed by atoms with Gasteiger partial charge in [-0.3, -0.25) is 14.9 Å². The van der Waals surface area contributed by atoms with Crippen molar-refractivity contribution < 1.29 is 14.8 Å². The Bertz CT molecular complexity index is 398. The van der Waals surface area contributed by atoms with Crippen molar-refractivity contribution in [2.75, 3.05) is 0 Å². The van der Waals surface area contributed by atoms with E-state index in [2.05, 4.69) is 0 Å². The molecule has 5 heteroatoms. The Balaban J connectivity index is 3.20. The Morgan fingerprint density at radius 1 is 1.43 bits per heavy atom. The average molecular weight is 193 g/mol. The first kappa shape index (κ1) is 9.91. The Hall–Kier alpha value is -2.17. The second-order valence-electron chi connectivity index (χ2n) is 2.47. The van der Waals surface area contributed by atoms with Crippen molar-refractivity contribution in [1.29, 1.82) is 0 Å². The number of nitro groups is 1. The van der Waals surface area contributed by atoms with Gasteiger partial charge in [0, 0.05) is 11.6 Å². The summed E-state index contributed by atoms with van der Waals surface area (Å²) in [5.74, 6) is -0.435. The molecule has 0 aromatic heterocycles. The number of hydrogen-bond acceptors (Lipinski definition) is 4. The molecule has 0 saturated heterocycles. The number of benzene rings is 1. The number of phenolic OH excluding ortho intramolecular Hbond substituents is 1. The molecule has 1 N–H and O–H groups in total. The summed E-state index contributed by atoms with van der Waals surface area (Å²) in [6.07, 6.45) is 2.98. The lowest BCUT2D eigenvalue weighted by Crippen LogP contribution is -1.89. The smallest absolute Gasteiger partial charge is 0.311 e. The van der Waals surface area contributed by atoms with Crippen LogP contribution in [0.5, 0.6) is 5.75 Å². The van der Waals surface area contributed by atoms with Gasteiger partial charge in [0.05, 0.1) is 4.92 Å². The van der Waals surface area contributed by atoms with Gasteiger partial charge in [0.15, 0.2) is 0 Å². The minimum absolute atomic E-state index is 0.242. The Morgan fingerprint density at radius 3 is 2.71 bits per heavy atom. The van der Waals surface area contributed by atoms with E-state index < -0.39 is 10.7 Å². The first-order valence-electron chi connectivity index (χ1n) is 3.75. The number of aldehydes is 1. The van der Waals surface area contributed by atoms with E-state index in [-0.39, 0.29) is 11.3 Å². The topological polar surface area (TPSA) is 80.4 Å². The van der Waals surface area contributed by atoms with Gasteiger partial charge in [0.25, 0.3) is 0 Å². The summed E-state index contributed by atoms with van der Waals surface area (Å²) >= 11 is 0. The second kappa shape index (κ2) is 4.18. The van der Waals surface area contributed by atoms with Gasteiger partial charge in [-0.25, -0.2) is 0 Å². The van der Waals surface area contributed by atoms with Crippen molar-refractivity contribution in [1.82, 2.24) is 0 Å². The fourth-order valence-corrected chi connectivity index (χ4v) is 0.973. The van der Waals surface area contributed by atoms with Crippen LogP contribution in [0.1, 0.15) is 5.56 Å². The summed E-state index contributed by atoms with van der Waals surface area (Å²) in [5, 5.41) is 19.8. The van der Waals surface area contributed by atoms with E-state index in [0.29, 0.717) is 6.29 Å². The van der Waals surface area contributed by atoms with Gasteiger partial charge in [-0.1, -0.05) is 12.1 Å². The molecule has 0 atom stereocenters. The molecule has 72 valence electrons. The summed E-state index contributed by atoms with van der Waals surface area (Å²) < 4.78 is 0. The predicted octanol–water partition coefficient (Wildman–Crippen LogP) is 1.51. The minimum Gasteiger partial charge on any atom is -0.502 e. The molecule has 5 nitrogen and oxygen atoms in total. The molecule has 0 amide bonds. The van der Waals surface area contributed by atoms with Crippen LogP contribution in [0.2, 0.25) is 0 Å². The minimum atomic E-state index is -0.687. The molecule has 0 fully saturated rings. The fraction of sp³-hybridized carbons (Fsp3) is 0. The van der Waals surface area contributed by atoms with Crippen LogP contribution < -0.4 is 0 Å². The molecule has 14 heavy (non-hydrogen) atoms. The normalized spacial score (nSPS) is 10.3. The van der Waals surface area contributed by atoms with E-state index in [1.54, 1.807) is 0 Å². The SMILES string of the molecule is O=CC=Cc1cccc([N+](=O)[O-])c1O. The maximum atomic E-state index is 10.4. The van der Waals surface area contributed by atoms with Crippen LogP contribution in [0.4, 0.5) is 5.69 Å². The number of phenols is 1. The standard InChI is InChI=1S/C9H7NO4/c11-6-2-4-7-3-1-5-8(9(7)12)10(13)14/h1-6,12H. The molecule has 1 rings (SSSR count). The van der Waals surface area contributed by atoms with Crippen molar-refractivity contribution in [3.8, 4) is 5.75 Å². The molecule has 0 saturated carbocycles. The number of hydrogen-bond donors (Lipinski definition) is 1. The molecule has 0 aliphatic heterocycles. The highest BCUT2D eigenvalue weighted by Gasteiger charge is 2.14. The maximum absolute atomic E-state index is 10.4. The summed E-state index contributed by atoms with van der Waals surface area (Å²) in [7, 11) is 0. The van der Waals surface area contributed by atoms with Crippen molar-refractivity contribution >= 4 is 18.0 Å². The van der Waals surface area contributed by atoms with Crippen LogP contribution in [0, 0.1) is 10.1 Å². The third-order valence-electron chi connectivity index (χ3n) is 1.60. The molecule has 1 aromatic carbocycles. The van der Waals surface area contributed by atoms with E-state index in [9.17, 15) is 20.0 Å². The molecule has 0 aliphatic rings. The highest BCUT2D eigenvalue weighted by atomic mass is 16.6. The number of allylic oxidation sites excluding steroid dienone is 1. The number of carbonyl (C=O) groups excluding carboxylic acids is 1. The number of nitro benzene ring substituents is 1. The van der Waals surface area contributed by atoms with Crippen molar-refractivity contribution in [2.24, 2.45) is 0 Å². The number of rotatable bonds is 3. The van der Waals surface area contributed by atoms with Crippen LogP contribution >= 0.6 is 0 Å². The van der Waals surface area contributed by atoms with Crippen LogP contribution in [0.15, 0.2) is 24.3 Å². The second-order valence-corrected chi connectivity index (χ2v) is 2.47. The van der Waals surface area contributed by atoms with E-state index >= 15 is 0 Å². The number of nitrogens with zero attached hydrogens (tertiary/aromatic N) is 1. The monoisotopic (exact) mass is 193 g/mol. The van der Waals surface area contributed by atoms with Crippen LogP contribution in [0.25, 0.3) is 6.08 Å².